The van der Waals surface area contributed by atoms with E-state index in [4.69, 9.17) is 10.5 Å². The van der Waals surface area contributed by atoms with Gasteiger partial charge in [-0.1, -0.05) is 48.0 Å². The van der Waals surface area contributed by atoms with Crippen molar-refractivity contribution in [1.29, 1.82) is 0 Å². The molecule has 1 aromatic carbocycles. The average molecular weight is 326 g/mol. The van der Waals surface area contributed by atoms with E-state index in [-0.39, 0.29) is 6.04 Å². The number of rotatable bonds is 5. The van der Waals surface area contributed by atoms with Crippen molar-refractivity contribution in [2.24, 2.45) is 11.7 Å². The van der Waals surface area contributed by atoms with Crippen LogP contribution in [0.25, 0.3) is 0 Å². The Balaban J connectivity index is 1.92. The van der Waals surface area contributed by atoms with Crippen molar-refractivity contribution in [1.82, 2.24) is 0 Å². The van der Waals surface area contributed by atoms with Crippen molar-refractivity contribution in [2.75, 3.05) is 7.11 Å². The molecule has 19 heavy (non-hydrogen) atoms. The first kappa shape index (κ1) is 14.9. The zero-order valence-electron chi connectivity index (χ0n) is 11.7. The Kier molecular flexibility index (Phi) is 5.71. The summed E-state index contributed by atoms with van der Waals surface area (Å²) in [5, 5.41) is 0. The molecule has 0 heterocycles. The third-order valence-corrected chi connectivity index (χ3v) is 4.87. The Morgan fingerprint density at radius 1 is 1.32 bits per heavy atom. The van der Waals surface area contributed by atoms with E-state index in [9.17, 15) is 0 Å². The van der Waals surface area contributed by atoms with E-state index in [1.807, 2.05) is 12.1 Å². The summed E-state index contributed by atoms with van der Waals surface area (Å²) in [6, 6.07) is 6.36. The molecule has 0 amide bonds. The molecule has 2 rings (SSSR count). The minimum atomic E-state index is 0.256. The lowest BCUT2D eigenvalue weighted by atomic mass is 9.84. The van der Waals surface area contributed by atoms with Gasteiger partial charge in [0.1, 0.15) is 5.75 Å². The van der Waals surface area contributed by atoms with Crippen LogP contribution in [-0.4, -0.2) is 13.2 Å². The zero-order valence-corrected chi connectivity index (χ0v) is 13.3. The van der Waals surface area contributed by atoms with E-state index in [1.54, 1.807) is 7.11 Å². The molecule has 1 aliphatic carbocycles. The van der Waals surface area contributed by atoms with Gasteiger partial charge in [-0.25, -0.2) is 0 Å². The number of methoxy groups -OCH3 is 1. The van der Waals surface area contributed by atoms with Gasteiger partial charge in [-0.05, 0) is 42.5 Å². The van der Waals surface area contributed by atoms with Crippen molar-refractivity contribution < 1.29 is 4.74 Å². The Morgan fingerprint density at radius 2 is 2.05 bits per heavy atom. The molecule has 0 aliphatic heterocycles. The van der Waals surface area contributed by atoms with Crippen LogP contribution in [0.4, 0.5) is 0 Å². The maximum Gasteiger partial charge on any atom is 0.119 e. The second-order valence-corrected chi connectivity index (χ2v) is 6.52. The smallest absolute Gasteiger partial charge is 0.119 e. The van der Waals surface area contributed by atoms with Crippen LogP contribution in [0.5, 0.6) is 5.75 Å². The topological polar surface area (TPSA) is 35.2 Å². The van der Waals surface area contributed by atoms with E-state index in [0.717, 1.165) is 29.0 Å². The fourth-order valence-corrected chi connectivity index (χ4v) is 3.46. The predicted octanol–water partition coefficient (Wildman–Crippen LogP) is 4.30. The van der Waals surface area contributed by atoms with E-state index in [2.05, 4.69) is 22.0 Å². The van der Waals surface area contributed by atoms with Gasteiger partial charge in [0.25, 0.3) is 0 Å². The van der Waals surface area contributed by atoms with Crippen LogP contribution in [0.3, 0.4) is 0 Å². The molecule has 1 aromatic rings. The maximum atomic E-state index is 6.34. The van der Waals surface area contributed by atoms with Crippen molar-refractivity contribution in [3.8, 4) is 5.75 Å². The molecule has 0 aromatic heterocycles. The van der Waals surface area contributed by atoms with Crippen LogP contribution >= 0.6 is 15.9 Å². The number of benzene rings is 1. The molecule has 0 radical (unpaired) electrons. The normalized spacial score (nSPS) is 18.3. The van der Waals surface area contributed by atoms with Gasteiger partial charge < -0.3 is 10.5 Å². The molecule has 2 nitrogen and oxygen atoms in total. The minimum absolute atomic E-state index is 0.256. The van der Waals surface area contributed by atoms with Gasteiger partial charge >= 0.3 is 0 Å². The molecular formula is C16H24BrNO. The largest absolute Gasteiger partial charge is 0.497 e. The Hall–Kier alpha value is -0.540. The lowest BCUT2D eigenvalue weighted by molar-refractivity contribution is 0.316. The van der Waals surface area contributed by atoms with E-state index in [0.29, 0.717) is 0 Å². The minimum Gasteiger partial charge on any atom is -0.497 e. The first-order valence-electron chi connectivity index (χ1n) is 7.27. The highest BCUT2D eigenvalue weighted by Crippen LogP contribution is 2.29. The van der Waals surface area contributed by atoms with Crippen LogP contribution in [0.1, 0.15) is 44.1 Å². The van der Waals surface area contributed by atoms with Gasteiger partial charge in [-0.15, -0.1) is 0 Å². The standard InChI is InChI=1S/C16H24BrNO/c1-19-15-7-8-16(17)13(11-15)10-14(18)9-12-5-3-2-4-6-12/h7-8,11-12,14H,2-6,9-10,18H2,1H3. The summed E-state index contributed by atoms with van der Waals surface area (Å²) < 4.78 is 6.41. The zero-order chi connectivity index (χ0) is 13.7. The number of halogens is 1. The number of hydrogen-bond donors (Lipinski definition) is 1. The predicted molar refractivity (Wildman–Crippen MR) is 83.6 cm³/mol. The van der Waals surface area contributed by atoms with Crippen LogP contribution in [0.2, 0.25) is 0 Å². The number of hydrogen-bond acceptors (Lipinski definition) is 2. The first-order chi connectivity index (χ1) is 9.19. The molecule has 1 aliphatic rings. The van der Waals surface area contributed by atoms with Gasteiger partial charge in [0, 0.05) is 10.5 Å². The first-order valence-corrected chi connectivity index (χ1v) is 8.06. The van der Waals surface area contributed by atoms with Crippen LogP contribution in [0, 0.1) is 5.92 Å². The van der Waals surface area contributed by atoms with Crippen molar-refractivity contribution in [2.45, 2.75) is 51.0 Å². The molecule has 1 fully saturated rings. The van der Waals surface area contributed by atoms with E-state index in [1.165, 1.54) is 37.7 Å². The van der Waals surface area contributed by atoms with Gasteiger partial charge in [0.2, 0.25) is 0 Å². The summed E-state index contributed by atoms with van der Waals surface area (Å²) in [4.78, 5) is 0. The molecule has 1 saturated carbocycles. The second kappa shape index (κ2) is 7.30. The molecule has 0 bridgehead atoms. The Labute approximate surface area is 124 Å². The fourth-order valence-electron chi connectivity index (χ4n) is 3.05. The quantitative estimate of drug-likeness (QED) is 0.876. The van der Waals surface area contributed by atoms with Gasteiger partial charge in [-0.2, -0.15) is 0 Å². The highest BCUT2D eigenvalue weighted by molar-refractivity contribution is 9.10. The molecule has 1 unspecified atom stereocenters. The SMILES string of the molecule is COc1ccc(Br)c(CC(N)CC2CCCCC2)c1. The summed E-state index contributed by atoms with van der Waals surface area (Å²) >= 11 is 3.60. The molecule has 0 spiro atoms. The molecule has 2 N–H and O–H groups in total. The Bertz CT molecular complexity index is 402. The van der Waals surface area contributed by atoms with Crippen molar-refractivity contribution in [3.63, 3.8) is 0 Å². The third kappa shape index (κ3) is 4.50. The summed E-state index contributed by atoms with van der Waals surface area (Å²) in [6.45, 7) is 0. The number of ether oxygens (including phenoxy) is 1. The summed E-state index contributed by atoms with van der Waals surface area (Å²) in [5.74, 6) is 1.75. The molecule has 3 heteroatoms. The molecule has 0 saturated heterocycles. The van der Waals surface area contributed by atoms with Gasteiger partial charge in [0.15, 0.2) is 0 Å². The number of nitrogens with two attached hydrogens (primary N) is 1. The van der Waals surface area contributed by atoms with Crippen LogP contribution < -0.4 is 10.5 Å². The highest BCUT2D eigenvalue weighted by atomic mass is 79.9. The lowest BCUT2D eigenvalue weighted by Gasteiger charge is -2.24. The fraction of sp³-hybridized carbons (Fsp3) is 0.625. The lowest BCUT2D eigenvalue weighted by Crippen LogP contribution is -2.27. The molecular weight excluding hydrogens is 302 g/mol. The van der Waals surface area contributed by atoms with Crippen LogP contribution in [-0.2, 0) is 6.42 Å². The monoisotopic (exact) mass is 325 g/mol. The highest BCUT2D eigenvalue weighted by Gasteiger charge is 2.17. The molecule has 1 atom stereocenters. The average Bonchev–Trinajstić information content (AvgIpc) is 2.42. The summed E-state index contributed by atoms with van der Waals surface area (Å²) in [5.41, 5.74) is 7.59. The third-order valence-electron chi connectivity index (χ3n) is 4.10. The van der Waals surface area contributed by atoms with Crippen molar-refractivity contribution >= 4 is 15.9 Å². The van der Waals surface area contributed by atoms with E-state index >= 15 is 0 Å². The summed E-state index contributed by atoms with van der Waals surface area (Å²) in [7, 11) is 1.70. The second-order valence-electron chi connectivity index (χ2n) is 5.66. The van der Waals surface area contributed by atoms with Crippen molar-refractivity contribution in [3.05, 3.63) is 28.2 Å². The Morgan fingerprint density at radius 3 is 2.74 bits per heavy atom. The maximum absolute atomic E-state index is 6.34. The van der Waals surface area contributed by atoms with Crippen LogP contribution in [0.15, 0.2) is 22.7 Å². The summed E-state index contributed by atoms with van der Waals surface area (Å²) in [6.07, 6.45) is 9.01. The van der Waals surface area contributed by atoms with E-state index < -0.39 is 0 Å². The van der Waals surface area contributed by atoms with Gasteiger partial charge in [0.05, 0.1) is 7.11 Å². The van der Waals surface area contributed by atoms with Gasteiger partial charge in [-0.3, -0.25) is 0 Å². The molecule has 106 valence electrons.